The molecule has 1 unspecified atom stereocenters. The Bertz CT molecular complexity index is 1270. The number of hydrogen-bond donors (Lipinski definition) is 1. The summed E-state index contributed by atoms with van der Waals surface area (Å²) in [6, 6.07) is 13.1. The van der Waals surface area contributed by atoms with Gasteiger partial charge in [-0.2, -0.15) is 0 Å². The van der Waals surface area contributed by atoms with Gasteiger partial charge in [-0.05, 0) is 54.8 Å². The quantitative estimate of drug-likeness (QED) is 0.519. The smallest absolute Gasteiger partial charge is 0.410 e. The van der Waals surface area contributed by atoms with E-state index in [9.17, 15) is 9.59 Å². The first-order valence-electron chi connectivity index (χ1n) is 12.8. The van der Waals surface area contributed by atoms with Crippen molar-refractivity contribution in [2.75, 3.05) is 59.6 Å². The molecule has 196 valence electrons. The van der Waals surface area contributed by atoms with Crippen molar-refractivity contribution >= 4 is 34.5 Å². The average Bonchev–Trinajstić information content (AvgIpc) is 3.29. The molecule has 5 rings (SSSR count). The fourth-order valence-corrected chi connectivity index (χ4v) is 5.57. The Morgan fingerprint density at radius 3 is 2.51 bits per heavy atom. The number of ether oxygens (including phenoxy) is 2. The molecule has 2 aliphatic rings. The van der Waals surface area contributed by atoms with Crippen LogP contribution in [0.25, 0.3) is 10.9 Å². The number of H-pyrrole nitrogens is 1. The summed E-state index contributed by atoms with van der Waals surface area (Å²) in [5.74, 6) is 0.0322. The lowest BCUT2D eigenvalue weighted by Crippen LogP contribution is -2.49. The van der Waals surface area contributed by atoms with Crippen molar-refractivity contribution in [3.63, 3.8) is 0 Å². The van der Waals surface area contributed by atoms with Gasteiger partial charge in [0.15, 0.2) is 0 Å². The molecule has 2 amide bonds. The van der Waals surface area contributed by atoms with Crippen LogP contribution in [-0.4, -0.2) is 91.3 Å². The lowest BCUT2D eigenvalue weighted by Gasteiger charge is -2.36. The molecule has 1 aromatic heterocycles. The molecule has 3 heterocycles. The van der Waals surface area contributed by atoms with E-state index in [-0.39, 0.29) is 18.0 Å². The topological polar surface area (TPSA) is 78.1 Å². The van der Waals surface area contributed by atoms with Crippen molar-refractivity contribution in [3.8, 4) is 0 Å². The van der Waals surface area contributed by atoms with Crippen LogP contribution in [0.5, 0.6) is 0 Å². The Morgan fingerprint density at radius 2 is 1.81 bits per heavy atom. The molecule has 37 heavy (non-hydrogen) atoms. The van der Waals surface area contributed by atoms with E-state index in [0.29, 0.717) is 49.9 Å². The van der Waals surface area contributed by atoms with E-state index in [1.54, 1.807) is 12.0 Å². The third-order valence-corrected chi connectivity index (χ3v) is 7.57. The molecule has 0 spiro atoms. The van der Waals surface area contributed by atoms with Gasteiger partial charge in [-0.3, -0.25) is 14.6 Å². The van der Waals surface area contributed by atoms with Gasteiger partial charge in [0, 0.05) is 73.6 Å². The second-order valence-corrected chi connectivity index (χ2v) is 9.94. The number of nitrogens with one attached hydrogen (secondary N) is 1. The fourth-order valence-electron chi connectivity index (χ4n) is 5.40. The number of methoxy groups -OCH3 is 1. The zero-order chi connectivity index (χ0) is 25.9. The zero-order valence-electron chi connectivity index (χ0n) is 21.3. The highest BCUT2D eigenvalue weighted by atomic mass is 35.5. The van der Waals surface area contributed by atoms with Crippen LogP contribution in [0.15, 0.2) is 42.5 Å². The van der Waals surface area contributed by atoms with Crippen LogP contribution >= 0.6 is 11.6 Å². The molecule has 2 aliphatic heterocycles. The maximum atomic E-state index is 13.2. The Labute approximate surface area is 222 Å². The van der Waals surface area contributed by atoms with Gasteiger partial charge in [0.2, 0.25) is 0 Å². The number of hydrogen-bond acceptors (Lipinski definition) is 5. The summed E-state index contributed by atoms with van der Waals surface area (Å²) in [4.78, 5) is 35.6. The Balaban J connectivity index is 1.40. The number of piperazine rings is 1. The second kappa shape index (κ2) is 11.1. The predicted octanol–water partition coefficient (Wildman–Crippen LogP) is 4.33. The fraction of sp³-hybridized carbons (Fsp3) is 0.429. The van der Waals surface area contributed by atoms with Gasteiger partial charge < -0.3 is 19.4 Å². The Kier molecular flexibility index (Phi) is 7.69. The highest BCUT2D eigenvalue weighted by Gasteiger charge is 2.35. The van der Waals surface area contributed by atoms with E-state index in [1.807, 2.05) is 54.3 Å². The number of fused-ring (bicyclic) bond motifs is 3. The molecule has 0 saturated carbocycles. The van der Waals surface area contributed by atoms with Gasteiger partial charge in [0.1, 0.15) is 6.04 Å². The van der Waals surface area contributed by atoms with Crippen LogP contribution in [0, 0.1) is 0 Å². The molecule has 1 saturated heterocycles. The van der Waals surface area contributed by atoms with Gasteiger partial charge in [-0.15, -0.1) is 0 Å². The first-order chi connectivity index (χ1) is 18.0. The third-order valence-electron chi connectivity index (χ3n) is 7.34. The van der Waals surface area contributed by atoms with Crippen LogP contribution in [0.3, 0.4) is 0 Å². The number of amides is 2. The van der Waals surface area contributed by atoms with Gasteiger partial charge in [-0.25, -0.2) is 4.79 Å². The lowest BCUT2D eigenvalue weighted by molar-refractivity contribution is 0.0594. The molecule has 2 aromatic carbocycles. The monoisotopic (exact) mass is 524 g/mol. The van der Waals surface area contributed by atoms with E-state index >= 15 is 0 Å². The number of rotatable bonds is 6. The molecule has 0 radical (unpaired) electrons. The minimum atomic E-state index is -0.346. The Morgan fingerprint density at radius 1 is 1.05 bits per heavy atom. The molecular formula is C28H33ClN4O4. The van der Waals surface area contributed by atoms with E-state index in [1.165, 1.54) is 0 Å². The van der Waals surface area contributed by atoms with E-state index in [0.717, 1.165) is 47.4 Å². The van der Waals surface area contributed by atoms with Crippen LogP contribution in [0.2, 0.25) is 5.02 Å². The molecule has 9 heteroatoms. The summed E-state index contributed by atoms with van der Waals surface area (Å²) in [7, 11) is 1.71. The molecule has 8 nitrogen and oxygen atoms in total. The normalized spacial score (nSPS) is 18.2. The number of carbonyl (C=O) groups is 2. The van der Waals surface area contributed by atoms with Gasteiger partial charge in [0.05, 0.1) is 13.2 Å². The zero-order valence-corrected chi connectivity index (χ0v) is 22.1. The van der Waals surface area contributed by atoms with Crippen molar-refractivity contribution in [1.82, 2.24) is 19.7 Å². The van der Waals surface area contributed by atoms with Gasteiger partial charge >= 0.3 is 6.09 Å². The van der Waals surface area contributed by atoms with Crippen molar-refractivity contribution in [3.05, 3.63) is 69.9 Å². The second-order valence-electron chi connectivity index (χ2n) is 9.50. The largest absolute Gasteiger partial charge is 0.450 e. The minimum absolute atomic E-state index is 0.0322. The number of carbonyl (C=O) groups excluding carboxylic acids is 2. The highest BCUT2D eigenvalue weighted by Crippen LogP contribution is 2.39. The SMILES string of the molecule is CCOC(=O)N1CCc2c([nH]c3ccc(Cl)cc23)C1c1ccc(C(=O)N2CCN(CCOC)CC2)cc1. The summed E-state index contributed by atoms with van der Waals surface area (Å²) in [5.41, 5.74) is 4.68. The molecule has 1 atom stereocenters. The molecular weight excluding hydrogens is 492 g/mol. The lowest BCUT2D eigenvalue weighted by atomic mass is 9.92. The standard InChI is InChI=1S/C28H33ClN4O4/c1-3-37-28(35)33-11-10-22-23-18-21(29)8-9-24(23)30-25(22)26(33)19-4-6-20(7-5-19)27(34)32-14-12-31(13-15-32)16-17-36-2/h4-9,18,26,30H,3,10-17H2,1-2H3. The first-order valence-corrected chi connectivity index (χ1v) is 13.2. The molecule has 1 fully saturated rings. The van der Waals surface area contributed by atoms with Crippen LogP contribution in [0.1, 0.15) is 40.1 Å². The maximum absolute atomic E-state index is 13.2. The number of halogens is 1. The summed E-state index contributed by atoms with van der Waals surface area (Å²) < 4.78 is 10.6. The third kappa shape index (κ3) is 5.19. The Hall–Kier alpha value is -3.07. The van der Waals surface area contributed by atoms with Crippen molar-refractivity contribution in [2.24, 2.45) is 0 Å². The van der Waals surface area contributed by atoms with Crippen molar-refractivity contribution in [2.45, 2.75) is 19.4 Å². The maximum Gasteiger partial charge on any atom is 0.410 e. The van der Waals surface area contributed by atoms with E-state index < -0.39 is 0 Å². The molecule has 1 N–H and O–H groups in total. The summed E-state index contributed by atoms with van der Waals surface area (Å²) in [6.07, 6.45) is 0.360. The van der Waals surface area contributed by atoms with Crippen LogP contribution in [0.4, 0.5) is 4.79 Å². The van der Waals surface area contributed by atoms with Crippen LogP contribution < -0.4 is 0 Å². The summed E-state index contributed by atoms with van der Waals surface area (Å²) >= 11 is 6.29. The van der Waals surface area contributed by atoms with Gasteiger partial charge in [-0.1, -0.05) is 23.7 Å². The van der Waals surface area contributed by atoms with Crippen LogP contribution in [-0.2, 0) is 15.9 Å². The minimum Gasteiger partial charge on any atom is -0.450 e. The highest BCUT2D eigenvalue weighted by molar-refractivity contribution is 6.31. The molecule has 0 bridgehead atoms. The van der Waals surface area contributed by atoms with Crippen molar-refractivity contribution in [1.29, 1.82) is 0 Å². The average molecular weight is 525 g/mol. The first kappa shape index (κ1) is 25.6. The van der Waals surface area contributed by atoms with E-state index in [2.05, 4.69) is 9.88 Å². The summed E-state index contributed by atoms with van der Waals surface area (Å²) in [5, 5.41) is 1.76. The van der Waals surface area contributed by atoms with E-state index in [4.69, 9.17) is 21.1 Å². The van der Waals surface area contributed by atoms with Gasteiger partial charge in [0.25, 0.3) is 5.91 Å². The number of nitrogens with zero attached hydrogens (tertiary/aromatic N) is 3. The number of benzene rings is 2. The number of aromatic amines is 1. The number of aromatic nitrogens is 1. The molecule has 3 aromatic rings. The predicted molar refractivity (Wildman–Crippen MR) is 143 cm³/mol. The molecule has 0 aliphatic carbocycles. The van der Waals surface area contributed by atoms with Crippen molar-refractivity contribution < 1.29 is 19.1 Å². The summed E-state index contributed by atoms with van der Waals surface area (Å²) in [6.45, 7) is 7.32.